The van der Waals surface area contributed by atoms with E-state index in [-0.39, 0.29) is 17.7 Å². The maximum Gasteiger partial charge on any atom is 0.227 e. The van der Waals surface area contributed by atoms with Crippen LogP contribution < -0.4 is 0 Å². The van der Waals surface area contributed by atoms with Gasteiger partial charge in [0.2, 0.25) is 11.8 Å². The third-order valence-electron chi connectivity index (χ3n) is 5.73. The van der Waals surface area contributed by atoms with Crippen LogP contribution in [0.4, 0.5) is 0 Å². The quantitative estimate of drug-likeness (QED) is 0.880. The lowest BCUT2D eigenvalue weighted by Crippen LogP contribution is -2.48. The van der Waals surface area contributed by atoms with Crippen LogP contribution in [0, 0.1) is 5.92 Å². The van der Waals surface area contributed by atoms with Crippen LogP contribution in [0.3, 0.4) is 0 Å². The molecule has 0 radical (unpaired) electrons. The van der Waals surface area contributed by atoms with Gasteiger partial charge < -0.3 is 14.8 Å². The van der Waals surface area contributed by atoms with Gasteiger partial charge in [-0.3, -0.25) is 9.59 Å². The van der Waals surface area contributed by atoms with Crippen LogP contribution in [0.5, 0.6) is 0 Å². The van der Waals surface area contributed by atoms with Crippen molar-refractivity contribution in [3.8, 4) is 0 Å². The Labute approximate surface area is 164 Å². The summed E-state index contributed by atoms with van der Waals surface area (Å²) in [5.74, 6) is 2.48. The molecule has 0 saturated carbocycles. The predicted octanol–water partition coefficient (Wildman–Crippen LogP) is 2.91. The summed E-state index contributed by atoms with van der Waals surface area (Å²) in [5.41, 5.74) is 2.30. The first-order chi connectivity index (χ1) is 13.2. The summed E-state index contributed by atoms with van der Waals surface area (Å²) in [5, 5.41) is 1.19. The number of carbonyl (C=O) groups is 2. The van der Waals surface area contributed by atoms with Gasteiger partial charge in [-0.05, 0) is 30.9 Å². The Bertz CT molecular complexity index is 813. The van der Waals surface area contributed by atoms with Crippen LogP contribution in [0.1, 0.15) is 24.8 Å². The highest BCUT2D eigenvalue weighted by molar-refractivity contribution is 7.99. The van der Waals surface area contributed by atoms with Gasteiger partial charge in [0, 0.05) is 61.2 Å². The summed E-state index contributed by atoms with van der Waals surface area (Å²) in [4.78, 5) is 32.7. The zero-order valence-electron chi connectivity index (χ0n) is 15.7. The molecule has 1 unspecified atom stereocenters. The van der Waals surface area contributed by atoms with Gasteiger partial charge in [0.05, 0.1) is 5.92 Å². The maximum atomic E-state index is 12.8. The van der Waals surface area contributed by atoms with Crippen molar-refractivity contribution in [2.75, 3.05) is 37.7 Å². The number of hydrogen-bond donors (Lipinski definition) is 1. The second-order valence-electron chi connectivity index (χ2n) is 7.48. The van der Waals surface area contributed by atoms with Crippen LogP contribution in [0.15, 0.2) is 30.5 Å². The van der Waals surface area contributed by atoms with Gasteiger partial charge in [0.25, 0.3) is 0 Å². The normalized spacial score (nSPS) is 20.8. The maximum absolute atomic E-state index is 12.8. The molecule has 4 rings (SSSR count). The van der Waals surface area contributed by atoms with Gasteiger partial charge in [0.1, 0.15) is 0 Å². The molecule has 2 amide bonds. The first-order valence-corrected chi connectivity index (χ1v) is 11.1. The number of H-pyrrole nitrogens is 1. The topological polar surface area (TPSA) is 56.4 Å². The van der Waals surface area contributed by atoms with Crippen molar-refractivity contribution < 1.29 is 9.59 Å². The number of thioether (sulfide) groups is 1. The van der Waals surface area contributed by atoms with Gasteiger partial charge in [-0.25, -0.2) is 0 Å². The number of piperidine rings is 1. The Morgan fingerprint density at radius 1 is 1.11 bits per heavy atom. The lowest BCUT2D eigenvalue weighted by Gasteiger charge is -2.36. The van der Waals surface area contributed by atoms with E-state index in [1.165, 1.54) is 10.9 Å². The molecule has 1 atom stereocenters. The van der Waals surface area contributed by atoms with E-state index in [9.17, 15) is 9.59 Å². The highest BCUT2D eigenvalue weighted by Gasteiger charge is 2.31. The van der Waals surface area contributed by atoms with E-state index in [1.54, 1.807) is 0 Å². The van der Waals surface area contributed by atoms with Crippen LogP contribution in [-0.2, 0) is 16.0 Å². The third-order valence-corrected chi connectivity index (χ3v) is 6.67. The van der Waals surface area contributed by atoms with Crippen molar-refractivity contribution in [3.63, 3.8) is 0 Å². The molecule has 0 spiro atoms. The lowest BCUT2D eigenvalue weighted by molar-refractivity contribution is -0.140. The van der Waals surface area contributed by atoms with Gasteiger partial charge in [-0.1, -0.05) is 18.2 Å². The summed E-state index contributed by atoms with van der Waals surface area (Å²) < 4.78 is 0. The number of aromatic amines is 1. The SMILES string of the molecule is O=C(CCc1c[nH]c2ccccc12)N1CCCC(C(=O)N2CCSCC2)C1. The number of nitrogens with one attached hydrogen (secondary N) is 1. The fourth-order valence-corrected chi connectivity index (χ4v) is 5.09. The molecule has 1 aromatic carbocycles. The van der Waals surface area contributed by atoms with E-state index >= 15 is 0 Å². The number of rotatable bonds is 4. The summed E-state index contributed by atoms with van der Waals surface area (Å²) in [6.45, 7) is 3.09. The minimum atomic E-state index is -0.0149. The van der Waals surface area contributed by atoms with Gasteiger partial charge in [-0.15, -0.1) is 0 Å². The number of hydrogen-bond acceptors (Lipinski definition) is 3. The molecule has 27 heavy (non-hydrogen) atoms. The Hall–Kier alpha value is -1.95. The van der Waals surface area contributed by atoms with E-state index in [4.69, 9.17) is 0 Å². The largest absolute Gasteiger partial charge is 0.361 e. The molecule has 1 N–H and O–H groups in total. The number of nitrogens with zero attached hydrogens (tertiary/aromatic N) is 2. The second kappa shape index (κ2) is 8.38. The van der Waals surface area contributed by atoms with Crippen molar-refractivity contribution in [1.29, 1.82) is 0 Å². The predicted molar refractivity (Wildman–Crippen MR) is 110 cm³/mol. The number of amides is 2. The number of para-hydroxylation sites is 1. The number of aromatic nitrogens is 1. The summed E-state index contributed by atoms with van der Waals surface area (Å²) in [7, 11) is 0. The Balaban J connectivity index is 1.33. The fraction of sp³-hybridized carbons (Fsp3) is 0.524. The highest BCUT2D eigenvalue weighted by Crippen LogP contribution is 2.23. The van der Waals surface area contributed by atoms with E-state index in [2.05, 4.69) is 17.1 Å². The molecule has 2 saturated heterocycles. The zero-order valence-corrected chi connectivity index (χ0v) is 16.5. The van der Waals surface area contributed by atoms with E-state index in [0.717, 1.165) is 55.9 Å². The molecular formula is C21H27N3O2S. The van der Waals surface area contributed by atoms with E-state index in [1.807, 2.05) is 39.9 Å². The van der Waals surface area contributed by atoms with Gasteiger partial charge in [-0.2, -0.15) is 11.8 Å². The molecule has 0 aliphatic carbocycles. The van der Waals surface area contributed by atoms with Crippen LogP contribution in [0.25, 0.3) is 10.9 Å². The van der Waals surface area contributed by atoms with Crippen molar-refractivity contribution >= 4 is 34.5 Å². The second-order valence-corrected chi connectivity index (χ2v) is 8.70. The molecule has 144 valence electrons. The number of aryl methyl sites for hydroxylation is 1. The van der Waals surface area contributed by atoms with Gasteiger partial charge in [0.15, 0.2) is 0 Å². The molecule has 2 aromatic rings. The molecule has 3 heterocycles. The average molecular weight is 386 g/mol. The molecule has 0 bridgehead atoms. The minimum Gasteiger partial charge on any atom is -0.361 e. The van der Waals surface area contributed by atoms with E-state index in [0.29, 0.717) is 13.0 Å². The van der Waals surface area contributed by atoms with Crippen LogP contribution >= 0.6 is 11.8 Å². The summed E-state index contributed by atoms with van der Waals surface area (Å²) in [6.07, 6.45) is 5.09. The molecule has 2 aliphatic heterocycles. The highest BCUT2D eigenvalue weighted by atomic mass is 32.2. The van der Waals surface area contributed by atoms with Crippen molar-refractivity contribution in [1.82, 2.24) is 14.8 Å². The lowest BCUT2D eigenvalue weighted by atomic mass is 9.96. The molecule has 6 heteroatoms. The Kier molecular flexibility index (Phi) is 5.72. The van der Waals surface area contributed by atoms with Gasteiger partial charge >= 0.3 is 0 Å². The van der Waals surface area contributed by atoms with Crippen LogP contribution in [-0.4, -0.2) is 64.3 Å². The Morgan fingerprint density at radius 2 is 1.93 bits per heavy atom. The molecular weight excluding hydrogens is 358 g/mol. The Morgan fingerprint density at radius 3 is 2.78 bits per heavy atom. The number of likely N-dealkylation sites (tertiary alicyclic amines) is 1. The zero-order chi connectivity index (χ0) is 18.6. The molecule has 1 aromatic heterocycles. The smallest absolute Gasteiger partial charge is 0.227 e. The van der Waals surface area contributed by atoms with Crippen molar-refractivity contribution in [2.24, 2.45) is 5.92 Å². The van der Waals surface area contributed by atoms with Crippen LogP contribution in [0.2, 0.25) is 0 Å². The summed E-state index contributed by atoms with van der Waals surface area (Å²) in [6, 6.07) is 8.19. The third kappa shape index (κ3) is 4.15. The average Bonchev–Trinajstić information content (AvgIpc) is 3.15. The first kappa shape index (κ1) is 18.4. The molecule has 5 nitrogen and oxygen atoms in total. The molecule has 2 fully saturated rings. The van der Waals surface area contributed by atoms with E-state index < -0.39 is 0 Å². The number of fused-ring (bicyclic) bond motifs is 1. The van der Waals surface area contributed by atoms with Crippen molar-refractivity contribution in [3.05, 3.63) is 36.0 Å². The summed E-state index contributed by atoms with van der Waals surface area (Å²) >= 11 is 1.91. The first-order valence-electron chi connectivity index (χ1n) is 9.91. The monoisotopic (exact) mass is 385 g/mol. The number of carbonyl (C=O) groups excluding carboxylic acids is 2. The minimum absolute atomic E-state index is 0.0149. The molecule has 2 aliphatic rings. The van der Waals surface area contributed by atoms with Crippen molar-refractivity contribution in [2.45, 2.75) is 25.7 Å². The number of benzene rings is 1. The standard InChI is InChI=1S/C21H27N3O2S/c25-20(8-7-16-14-22-19-6-2-1-5-18(16)19)24-9-3-4-17(15-24)21(26)23-10-12-27-13-11-23/h1-2,5-6,14,17,22H,3-4,7-13,15H2. The fourth-order valence-electron chi connectivity index (χ4n) is 4.19.